The average molecular weight is 430 g/mol. The fraction of sp³-hybridized carbons (Fsp3) is 0.720. The molecule has 0 aromatic heterocycles. The minimum atomic E-state index is -0.113. The summed E-state index contributed by atoms with van der Waals surface area (Å²) in [7, 11) is 3.29. The lowest BCUT2D eigenvalue weighted by atomic mass is 9.53. The highest BCUT2D eigenvalue weighted by molar-refractivity contribution is 5.76. The van der Waals surface area contributed by atoms with Crippen LogP contribution in [0.4, 0.5) is 0 Å². The number of methoxy groups -OCH3 is 2. The molecule has 0 bridgehead atoms. The van der Waals surface area contributed by atoms with Crippen LogP contribution in [0, 0.1) is 23.2 Å². The van der Waals surface area contributed by atoms with Crippen LogP contribution in [0.25, 0.3) is 0 Å². The first kappa shape index (κ1) is 21.1. The normalized spacial score (nSPS) is 40.4. The molecule has 5 rings (SSSR count). The summed E-state index contributed by atoms with van der Waals surface area (Å²) in [6.45, 7) is 6.14. The molecular formula is C25H35NO5. The largest absolute Gasteiger partial charge is 0.493 e. The van der Waals surface area contributed by atoms with E-state index in [4.69, 9.17) is 18.9 Å². The Balaban J connectivity index is 1.21. The summed E-state index contributed by atoms with van der Waals surface area (Å²) in [5, 5.41) is 3.51. The monoisotopic (exact) mass is 429 g/mol. The van der Waals surface area contributed by atoms with E-state index in [9.17, 15) is 4.79 Å². The molecule has 4 fully saturated rings. The molecule has 2 aliphatic heterocycles. The molecule has 6 nitrogen and oxygen atoms in total. The summed E-state index contributed by atoms with van der Waals surface area (Å²) in [4.78, 5) is 12.8. The predicted octanol–water partition coefficient (Wildman–Crippen LogP) is 3.36. The SMILES string of the molecule is COc1ccc(CCNCC2C(=O)O[C@@H]3C[C@@]4(C)CCC[C@H](C)[C@@]45O[C@H]5[C@H]23)cc1OC. The van der Waals surface area contributed by atoms with E-state index < -0.39 is 0 Å². The van der Waals surface area contributed by atoms with Gasteiger partial charge in [0.15, 0.2) is 11.5 Å². The van der Waals surface area contributed by atoms with Crippen molar-refractivity contribution in [1.82, 2.24) is 5.32 Å². The first-order valence-corrected chi connectivity index (χ1v) is 11.7. The van der Waals surface area contributed by atoms with E-state index >= 15 is 0 Å². The molecule has 2 heterocycles. The number of epoxide rings is 1. The van der Waals surface area contributed by atoms with E-state index in [2.05, 4.69) is 25.2 Å². The first-order valence-electron chi connectivity index (χ1n) is 11.7. The van der Waals surface area contributed by atoms with Crippen LogP contribution in [0.2, 0.25) is 0 Å². The molecule has 2 aliphatic carbocycles. The van der Waals surface area contributed by atoms with Gasteiger partial charge in [-0.2, -0.15) is 0 Å². The van der Waals surface area contributed by atoms with Gasteiger partial charge < -0.3 is 24.3 Å². The smallest absolute Gasteiger partial charge is 0.311 e. The topological polar surface area (TPSA) is 69.3 Å². The van der Waals surface area contributed by atoms with Crippen molar-refractivity contribution in [3.05, 3.63) is 23.8 Å². The van der Waals surface area contributed by atoms with Crippen LogP contribution in [-0.2, 0) is 20.7 Å². The number of esters is 1. The Morgan fingerprint density at radius 1 is 1.23 bits per heavy atom. The maximum atomic E-state index is 12.8. The van der Waals surface area contributed by atoms with Crippen molar-refractivity contribution in [2.45, 2.75) is 63.8 Å². The quantitative estimate of drug-likeness (QED) is 0.407. The van der Waals surface area contributed by atoms with E-state index in [1.165, 1.54) is 24.8 Å². The van der Waals surface area contributed by atoms with Gasteiger partial charge in [-0.15, -0.1) is 0 Å². The first-order chi connectivity index (χ1) is 14.9. The fourth-order valence-electron chi connectivity index (χ4n) is 6.99. The van der Waals surface area contributed by atoms with Gasteiger partial charge in [0.05, 0.1) is 26.2 Å². The van der Waals surface area contributed by atoms with Crippen molar-refractivity contribution in [2.75, 3.05) is 27.3 Å². The third-order valence-corrected chi connectivity index (χ3v) is 8.60. The Morgan fingerprint density at radius 3 is 2.81 bits per heavy atom. The fourth-order valence-corrected chi connectivity index (χ4v) is 6.99. The minimum absolute atomic E-state index is 0.0149. The second-order valence-corrected chi connectivity index (χ2v) is 10.2. The van der Waals surface area contributed by atoms with Crippen LogP contribution in [0.15, 0.2) is 18.2 Å². The number of benzene rings is 1. The Bertz CT molecular complexity index is 858. The van der Waals surface area contributed by atoms with Gasteiger partial charge in [0, 0.05) is 17.9 Å². The maximum absolute atomic E-state index is 12.8. The maximum Gasteiger partial charge on any atom is 0.311 e. The molecule has 0 radical (unpaired) electrons. The number of hydrogen-bond donors (Lipinski definition) is 1. The second kappa shape index (κ2) is 7.66. The summed E-state index contributed by atoms with van der Waals surface area (Å²) in [5.74, 6) is 2.07. The summed E-state index contributed by atoms with van der Waals surface area (Å²) in [5.41, 5.74) is 1.29. The molecule has 1 unspecified atom stereocenters. The molecule has 0 amide bonds. The van der Waals surface area contributed by atoms with Crippen molar-refractivity contribution in [3.63, 3.8) is 0 Å². The number of nitrogens with one attached hydrogen (secondary N) is 1. The van der Waals surface area contributed by atoms with Gasteiger partial charge in [-0.05, 0) is 55.8 Å². The van der Waals surface area contributed by atoms with E-state index in [0.717, 1.165) is 30.9 Å². The summed E-state index contributed by atoms with van der Waals surface area (Å²) < 4.78 is 23.1. The molecule has 1 N–H and O–H groups in total. The molecule has 7 atom stereocenters. The Morgan fingerprint density at radius 2 is 2.03 bits per heavy atom. The van der Waals surface area contributed by atoms with E-state index in [1.807, 2.05) is 12.1 Å². The molecule has 4 aliphatic rings. The number of carbonyl (C=O) groups is 1. The number of rotatable bonds is 7. The zero-order valence-electron chi connectivity index (χ0n) is 19.1. The lowest BCUT2D eigenvalue weighted by Crippen LogP contribution is -2.54. The van der Waals surface area contributed by atoms with Crippen molar-refractivity contribution < 1.29 is 23.7 Å². The van der Waals surface area contributed by atoms with Crippen LogP contribution in [0.1, 0.15) is 45.1 Å². The number of hydrogen-bond acceptors (Lipinski definition) is 6. The lowest BCUT2D eigenvalue weighted by molar-refractivity contribution is -0.146. The highest BCUT2D eigenvalue weighted by atomic mass is 16.6. The zero-order chi connectivity index (χ0) is 21.8. The summed E-state index contributed by atoms with van der Waals surface area (Å²) in [6, 6.07) is 5.99. The van der Waals surface area contributed by atoms with Crippen LogP contribution in [0.5, 0.6) is 11.5 Å². The second-order valence-electron chi connectivity index (χ2n) is 10.2. The minimum Gasteiger partial charge on any atom is -0.493 e. The van der Waals surface area contributed by atoms with Gasteiger partial charge in [-0.25, -0.2) is 0 Å². The van der Waals surface area contributed by atoms with E-state index in [1.54, 1.807) is 14.2 Å². The third kappa shape index (κ3) is 3.17. The van der Waals surface area contributed by atoms with Crippen LogP contribution < -0.4 is 14.8 Å². The van der Waals surface area contributed by atoms with E-state index in [-0.39, 0.29) is 41.0 Å². The highest BCUT2D eigenvalue weighted by Gasteiger charge is 2.78. The predicted molar refractivity (Wildman–Crippen MR) is 116 cm³/mol. The van der Waals surface area contributed by atoms with Crippen molar-refractivity contribution in [2.24, 2.45) is 23.2 Å². The van der Waals surface area contributed by atoms with Gasteiger partial charge in [0.1, 0.15) is 11.7 Å². The van der Waals surface area contributed by atoms with Gasteiger partial charge in [-0.3, -0.25) is 4.79 Å². The Hall–Kier alpha value is -1.79. The van der Waals surface area contributed by atoms with Crippen molar-refractivity contribution in [1.29, 1.82) is 0 Å². The molecule has 1 aromatic rings. The molecule has 1 spiro atoms. The van der Waals surface area contributed by atoms with Crippen molar-refractivity contribution >= 4 is 5.97 Å². The molecular weight excluding hydrogens is 394 g/mol. The van der Waals surface area contributed by atoms with Gasteiger partial charge >= 0.3 is 5.97 Å². The molecule has 1 aromatic carbocycles. The molecule has 6 heteroatoms. The van der Waals surface area contributed by atoms with Crippen LogP contribution >= 0.6 is 0 Å². The van der Waals surface area contributed by atoms with E-state index in [0.29, 0.717) is 12.5 Å². The number of fused-ring (bicyclic) bond motifs is 2. The highest BCUT2D eigenvalue weighted by Crippen LogP contribution is 2.70. The lowest BCUT2D eigenvalue weighted by Gasteiger charge is -2.48. The number of carbonyl (C=O) groups excluding carboxylic acids is 1. The summed E-state index contributed by atoms with van der Waals surface area (Å²) in [6.07, 6.45) is 5.66. The summed E-state index contributed by atoms with van der Waals surface area (Å²) >= 11 is 0. The average Bonchev–Trinajstić information content (AvgIpc) is 3.44. The van der Waals surface area contributed by atoms with Crippen molar-refractivity contribution in [3.8, 4) is 11.5 Å². The zero-order valence-corrected chi connectivity index (χ0v) is 19.1. The molecule has 2 saturated carbocycles. The third-order valence-electron chi connectivity index (χ3n) is 8.60. The Kier molecular flexibility index (Phi) is 5.21. The molecule has 170 valence electrons. The van der Waals surface area contributed by atoms with Gasteiger partial charge in [0.25, 0.3) is 0 Å². The molecule has 31 heavy (non-hydrogen) atoms. The standard InChI is InChI=1S/C25H35NO5/c1-15-6-5-10-24(2)13-20-21(22-25(15,24)31-22)17(23(27)30-20)14-26-11-9-16-7-8-18(28-3)19(12-16)29-4/h7-8,12,15,17,20-22,26H,5-6,9-11,13-14H2,1-4H3/t15-,17?,20+,21+,22-,24+,25-/m0/s1. The number of ether oxygens (including phenoxy) is 4. The van der Waals surface area contributed by atoms with Gasteiger partial charge in [0.2, 0.25) is 0 Å². The Labute approximate surface area is 185 Å². The van der Waals surface area contributed by atoms with Crippen LogP contribution in [-0.4, -0.2) is 51.1 Å². The van der Waals surface area contributed by atoms with Crippen LogP contribution in [0.3, 0.4) is 0 Å². The molecule has 2 saturated heterocycles. The van der Waals surface area contributed by atoms with Gasteiger partial charge in [-0.1, -0.05) is 26.3 Å².